The highest BCUT2D eigenvalue weighted by Gasteiger charge is 2.19. The molecule has 0 amide bonds. The van der Waals surface area contributed by atoms with Gasteiger partial charge in [0, 0.05) is 10.9 Å². The lowest BCUT2D eigenvalue weighted by molar-refractivity contribution is 0.430. The SMILES string of the molecule is Cc1ccc(-c2noc(-c3nn(-c4ccc(C)c(C)c4)c(=O)c4ccccc34)n2)cc1. The summed E-state index contributed by atoms with van der Waals surface area (Å²) in [5.41, 5.74) is 5.21. The number of fused-ring (bicyclic) bond motifs is 1. The van der Waals surface area contributed by atoms with E-state index in [1.807, 2.05) is 81.4 Å². The summed E-state index contributed by atoms with van der Waals surface area (Å²) in [6.45, 7) is 6.07. The zero-order valence-electron chi connectivity index (χ0n) is 17.5. The van der Waals surface area contributed by atoms with E-state index in [1.54, 1.807) is 6.07 Å². The number of benzene rings is 3. The predicted molar refractivity (Wildman–Crippen MR) is 120 cm³/mol. The Morgan fingerprint density at radius 1 is 0.839 bits per heavy atom. The van der Waals surface area contributed by atoms with Gasteiger partial charge in [-0.25, -0.2) is 0 Å². The molecule has 3 aromatic carbocycles. The summed E-state index contributed by atoms with van der Waals surface area (Å²) in [5, 5.41) is 9.99. The van der Waals surface area contributed by atoms with Crippen molar-refractivity contribution in [2.24, 2.45) is 0 Å². The van der Waals surface area contributed by atoms with Crippen LogP contribution >= 0.6 is 0 Å². The summed E-state index contributed by atoms with van der Waals surface area (Å²) < 4.78 is 6.98. The highest BCUT2D eigenvalue weighted by molar-refractivity contribution is 5.92. The molecule has 6 heteroatoms. The second kappa shape index (κ2) is 7.32. The van der Waals surface area contributed by atoms with Crippen LogP contribution in [0.5, 0.6) is 0 Å². The second-order valence-corrected chi connectivity index (χ2v) is 7.67. The highest BCUT2D eigenvalue weighted by atomic mass is 16.5. The predicted octanol–water partition coefficient (Wildman–Crippen LogP) is 5.03. The average Bonchev–Trinajstić information content (AvgIpc) is 3.27. The minimum absolute atomic E-state index is 0.194. The third kappa shape index (κ3) is 3.32. The monoisotopic (exact) mass is 408 g/mol. The minimum Gasteiger partial charge on any atom is -0.332 e. The van der Waals surface area contributed by atoms with Crippen molar-refractivity contribution in [3.8, 4) is 28.7 Å². The van der Waals surface area contributed by atoms with E-state index in [0.29, 0.717) is 28.0 Å². The van der Waals surface area contributed by atoms with E-state index in [1.165, 1.54) is 4.68 Å². The van der Waals surface area contributed by atoms with E-state index in [2.05, 4.69) is 15.2 Å². The van der Waals surface area contributed by atoms with Crippen LogP contribution in [0.25, 0.3) is 39.4 Å². The molecule has 0 fully saturated rings. The molecule has 5 aromatic rings. The Balaban J connectivity index is 1.72. The van der Waals surface area contributed by atoms with Crippen molar-refractivity contribution in [1.29, 1.82) is 0 Å². The van der Waals surface area contributed by atoms with E-state index in [4.69, 9.17) is 4.52 Å². The van der Waals surface area contributed by atoms with Gasteiger partial charge in [0.25, 0.3) is 11.4 Å². The van der Waals surface area contributed by atoms with Crippen LogP contribution in [0.1, 0.15) is 16.7 Å². The van der Waals surface area contributed by atoms with Crippen molar-refractivity contribution in [3.05, 3.63) is 93.8 Å². The summed E-state index contributed by atoms with van der Waals surface area (Å²) in [6.07, 6.45) is 0. The smallest absolute Gasteiger partial charge is 0.279 e. The fraction of sp³-hybridized carbons (Fsp3) is 0.120. The van der Waals surface area contributed by atoms with Crippen molar-refractivity contribution >= 4 is 10.8 Å². The maximum Gasteiger partial charge on any atom is 0.279 e. The standard InChI is InChI=1S/C25H20N4O2/c1-15-8-11-18(12-9-15)23-26-24(31-28-23)22-20-6-4-5-7-21(20)25(30)29(27-22)19-13-10-16(2)17(3)14-19/h4-14H,1-3H3. The average molecular weight is 408 g/mol. The molecule has 0 aliphatic carbocycles. The summed E-state index contributed by atoms with van der Waals surface area (Å²) in [7, 11) is 0. The lowest BCUT2D eigenvalue weighted by Crippen LogP contribution is -2.22. The van der Waals surface area contributed by atoms with Gasteiger partial charge in [0.05, 0.1) is 11.1 Å². The van der Waals surface area contributed by atoms with E-state index in [9.17, 15) is 4.79 Å². The first-order valence-electron chi connectivity index (χ1n) is 10.0. The second-order valence-electron chi connectivity index (χ2n) is 7.67. The van der Waals surface area contributed by atoms with E-state index in [-0.39, 0.29) is 11.4 Å². The van der Waals surface area contributed by atoms with Crippen LogP contribution in [0.2, 0.25) is 0 Å². The lowest BCUT2D eigenvalue weighted by atomic mass is 10.1. The molecule has 2 heterocycles. The number of hydrogen-bond donors (Lipinski definition) is 0. The molecule has 6 nitrogen and oxygen atoms in total. The molecule has 0 radical (unpaired) electrons. The van der Waals surface area contributed by atoms with Crippen LogP contribution in [0, 0.1) is 20.8 Å². The molecule has 0 unspecified atom stereocenters. The van der Waals surface area contributed by atoms with Crippen LogP contribution in [-0.2, 0) is 0 Å². The van der Waals surface area contributed by atoms with Gasteiger partial charge in [-0.15, -0.1) is 0 Å². The van der Waals surface area contributed by atoms with Gasteiger partial charge in [0.15, 0.2) is 5.69 Å². The largest absolute Gasteiger partial charge is 0.332 e. The number of aryl methyl sites for hydroxylation is 3. The van der Waals surface area contributed by atoms with Gasteiger partial charge < -0.3 is 4.52 Å². The molecule has 5 rings (SSSR count). The van der Waals surface area contributed by atoms with Crippen LogP contribution in [0.3, 0.4) is 0 Å². The number of hydrogen-bond acceptors (Lipinski definition) is 5. The third-order valence-electron chi connectivity index (χ3n) is 5.48. The molecule has 152 valence electrons. The normalized spacial score (nSPS) is 11.2. The molecule has 2 aromatic heterocycles. The molecule has 0 aliphatic heterocycles. The molecule has 0 N–H and O–H groups in total. The van der Waals surface area contributed by atoms with Gasteiger partial charge in [-0.3, -0.25) is 4.79 Å². The molecular formula is C25H20N4O2. The molecule has 0 atom stereocenters. The minimum atomic E-state index is -0.194. The third-order valence-corrected chi connectivity index (χ3v) is 5.48. The number of nitrogens with zero attached hydrogens (tertiary/aromatic N) is 4. The van der Waals surface area contributed by atoms with Crippen LogP contribution < -0.4 is 5.56 Å². The summed E-state index contributed by atoms with van der Waals surface area (Å²) >= 11 is 0. The van der Waals surface area contributed by atoms with Crippen molar-refractivity contribution < 1.29 is 4.52 Å². The van der Waals surface area contributed by atoms with Gasteiger partial charge >= 0.3 is 0 Å². The molecule has 0 saturated heterocycles. The Kier molecular flexibility index (Phi) is 4.47. The van der Waals surface area contributed by atoms with Gasteiger partial charge in [0.2, 0.25) is 5.82 Å². The fourth-order valence-corrected chi connectivity index (χ4v) is 3.52. The Morgan fingerprint density at radius 3 is 2.32 bits per heavy atom. The zero-order valence-corrected chi connectivity index (χ0v) is 17.5. The molecule has 31 heavy (non-hydrogen) atoms. The first-order valence-corrected chi connectivity index (χ1v) is 10.0. The van der Waals surface area contributed by atoms with Gasteiger partial charge in [-0.2, -0.15) is 14.8 Å². The molecule has 0 aliphatic rings. The quantitative estimate of drug-likeness (QED) is 0.419. The van der Waals surface area contributed by atoms with Crippen molar-refractivity contribution in [3.63, 3.8) is 0 Å². The first kappa shape index (κ1) is 18.9. The Hall–Kier alpha value is -4.06. The zero-order chi connectivity index (χ0) is 21.5. The van der Waals surface area contributed by atoms with Crippen LogP contribution in [0.15, 0.2) is 76.0 Å². The molecule has 0 spiro atoms. The van der Waals surface area contributed by atoms with Crippen LogP contribution in [-0.4, -0.2) is 19.9 Å². The molecule has 0 saturated carbocycles. The highest BCUT2D eigenvalue weighted by Crippen LogP contribution is 2.27. The van der Waals surface area contributed by atoms with Crippen molar-refractivity contribution in [2.75, 3.05) is 0 Å². The first-order chi connectivity index (χ1) is 15.0. The van der Waals surface area contributed by atoms with Crippen molar-refractivity contribution in [1.82, 2.24) is 19.9 Å². The van der Waals surface area contributed by atoms with Crippen LogP contribution in [0.4, 0.5) is 0 Å². The van der Waals surface area contributed by atoms with E-state index < -0.39 is 0 Å². The maximum atomic E-state index is 13.2. The molecular weight excluding hydrogens is 388 g/mol. The number of aromatic nitrogens is 4. The number of rotatable bonds is 3. The van der Waals surface area contributed by atoms with E-state index >= 15 is 0 Å². The van der Waals surface area contributed by atoms with Gasteiger partial charge in [-0.1, -0.05) is 59.3 Å². The van der Waals surface area contributed by atoms with Gasteiger partial charge in [0.1, 0.15) is 0 Å². The summed E-state index contributed by atoms with van der Waals surface area (Å²) in [6, 6.07) is 21.1. The fourth-order valence-electron chi connectivity index (χ4n) is 3.52. The maximum absolute atomic E-state index is 13.2. The lowest BCUT2D eigenvalue weighted by Gasteiger charge is -2.10. The molecule has 0 bridgehead atoms. The summed E-state index contributed by atoms with van der Waals surface area (Å²) in [5.74, 6) is 0.745. The Morgan fingerprint density at radius 2 is 1.58 bits per heavy atom. The topological polar surface area (TPSA) is 73.8 Å². The van der Waals surface area contributed by atoms with Crippen molar-refractivity contribution in [2.45, 2.75) is 20.8 Å². The van der Waals surface area contributed by atoms with Gasteiger partial charge in [-0.05, 0) is 50.1 Å². The Bertz CT molecular complexity index is 1480. The Labute approximate surface area is 178 Å². The van der Waals surface area contributed by atoms with E-state index in [0.717, 1.165) is 22.3 Å². The summed E-state index contributed by atoms with van der Waals surface area (Å²) in [4.78, 5) is 17.8.